The first-order chi connectivity index (χ1) is 17.0. The summed E-state index contributed by atoms with van der Waals surface area (Å²) in [5.41, 5.74) is 3.95. The van der Waals surface area contributed by atoms with Gasteiger partial charge in [-0.25, -0.2) is 9.82 Å². The lowest BCUT2D eigenvalue weighted by Gasteiger charge is -2.11. The lowest BCUT2D eigenvalue weighted by molar-refractivity contribution is -0.120. The van der Waals surface area contributed by atoms with Crippen LogP contribution in [-0.4, -0.2) is 63.2 Å². The fraction of sp³-hybridized carbons (Fsp3) is 0.292. The molecule has 0 aliphatic carbocycles. The topological polar surface area (TPSA) is 118 Å². The molecule has 2 aromatic carbocycles. The van der Waals surface area contributed by atoms with Gasteiger partial charge >= 0.3 is 0 Å². The first-order valence-electron chi connectivity index (χ1n) is 10.7. The highest BCUT2D eigenvalue weighted by Crippen LogP contribution is 2.29. The van der Waals surface area contributed by atoms with Crippen LogP contribution >= 0.6 is 11.3 Å². The zero-order chi connectivity index (χ0) is 25.2. The Balaban J connectivity index is 1.65. The number of ether oxygens (including phenoxy) is 3. The first-order valence-corrected chi connectivity index (χ1v) is 11.6. The summed E-state index contributed by atoms with van der Waals surface area (Å²) in [6.45, 7) is -0.0251. The number of carbonyl (C=O) groups excluding carboxylic acids is 2. The molecule has 0 aliphatic heterocycles. The highest BCUT2D eigenvalue weighted by molar-refractivity contribution is 7.17. The van der Waals surface area contributed by atoms with Crippen LogP contribution in [0.3, 0.4) is 0 Å². The standard InChI is InChI=1S/C24H26FN3O6S/c1-32-10-8-19(17-14-35-23-16(17)4-3-5-18(23)25)27-28-22(30)13-26-24(31)15-6-7-20(34-11-9-29)21(12-15)33-2/h3-7,12,14,29H,8-11,13H2,1-2H3,(H,26,31)(H,28,30). The van der Waals surface area contributed by atoms with Crippen molar-refractivity contribution < 1.29 is 33.3 Å². The number of aliphatic hydroxyl groups excluding tert-OH is 1. The molecule has 186 valence electrons. The zero-order valence-corrected chi connectivity index (χ0v) is 20.1. The van der Waals surface area contributed by atoms with E-state index in [2.05, 4.69) is 15.8 Å². The number of nitrogens with one attached hydrogen (secondary N) is 2. The highest BCUT2D eigenvalue weighted by Gasteiger charge is 2.15. The fourth-order valence-corrected chi connectivity index (χ4v) is 4.19. The van der Waals surface area contributed by atoms with E-state index in [-0.39, 0.29) is 31.1 Å². The second kappa shape index (κ2) is 12.8. The van der Waals surface area contributed by atoms with Crippen LogP contribution in [0.4, 0.5) is 4.39 Å². The molecule has 0 radical (unpaired) electrons. The van der Waals surface area contributed by atoms with Crippen molar-refractivity contribution in [2.45, 2.75) is 6.42 Å². The number of thiophene rings is 1. The molecule has 0 bridgehead atoms. The Kier molecular flexibility index (Phi) is 9.53. The summed E-state index contributed by atoms with van der Waals surface area (Å²) >= 11 is 1.26. The quantitative estimate of drug-likeness (QED) is 0.258. The van der Waals surface area contributed by atoms with Crippen molar-refractivity contribution in [2.24, 2.45) is 5.10 Å². The van der Waals surface area contributed by atoms with Gasteiger partial charge in [0.25, 0.3) is 11.8 Å². The number of methoxy groups -OCH3 is 2. The maximum absolute atomic E-state index is 14.1. The average Bonchev–Trinajstić information content (AvgIpc) is 3.31. The number of hydrazone groups is 1. The number of hydrogen-bond donors (Lipinski definition) is 3. The molecular formula is C24H26FN3O6S. The van der Waals surface area contributed by atoms with Crippen LogP contribution in [0.5, 0.6) is 11.5 Å². The molecule has 0 aliphatic rings. The molecule has 9 nitrogen and oxygen atoms in total. The third-order valence-corrected chi connectivity index (χ3v) is 5.91. The number of fused-ring (bicyclic) bond motifs is 1. The molecule has 3 N–H and O–H groups in total. The molecule has 0 spiro atoms. The molecule has 1 heterocycles. The summed E-state index contributed by atoms with van der Waals surface area (Å²) < 4.78 is 30.3. The number of hydrogen-bond acceptors (Lipinski definition) is 8. The predicted molar refractivity (Wildman–Crippen MR) is 131 cm³/mol. The van der Waals surface area contributed by atoms with E-state index in [1.165, 1.54) is 36.6 Å². The van der Waals surface area contributed by atoms with E-state index in [0.717, 1.165) is 0 Å². The molecular weight excluding hydrogens is 477 g/mol. The predicted octanol–water partition coefficient (Wildman–Crippen LogP) is 2.71. The van der Waals surface area contributed by atoms with Gasteiger partial charge in [0.2, 0.25) is 0 Å². The maximum Gasteiger partial charge on any atom is 0.259 e. The third-order valence-electron chi connectivity index (χ3n) is 4.91. The Morgan fingerprint density at radius 1 is 1.14 bits per heavy atom. The minimum atomic E-state index is -0.533. The number of benzene rings is 2. The maximum atomic E-state index is 14.1. The van der Waals surface area contributed by atoms with Gasteiger partial charge in [-0.05, 0) is 24.3 Å². The SMILES string of the molecule is COCCC(=NNC(=O)CNC(=O)c1ccc(OCCO)c(OC)c1)c1csc2c(F)cccc12. The lowest BCUT2D eigenvalue weighted by atomic mass is 10.1. The van der Waals surface area contributed by atoms with Crippen molar-refractivity contribution >= 4 is 38.9 Å². The molecule has 0 saturated carbocycles. The summed E-state index contributed by atoms with van der Waals surface area (Å²) in [6, 6.07) is 9.35. The van der Waals surface area contributed by atoms with E-state index in [0.29, 0.717) is 45.9 Å². The molecule has 0 atom stereocenters. The van der Waals surface area contributed by atoms with Crippen LogP contribution < -0.4 is 20.2 Å². The van der Waals surface area contributed by atoms with Crippen LogP contribution in [-0.2, 0) is 9.53 Å². The average molecular weight is 504 g/mol. The van der Waals surface area contributed by atoms with Gasteiger partial charge in [0.15, 0.2) is 11.5 Å². The van der Waals surface area contributed by atoms with Crippen LogP contribution in [0.2, 0.25) is 0 Å². The third kappa shape index (κ3) is 6.75. The van der Waals surface area contributed by atoms with Gasteiger partial charge in [0, 0.05) is 35.4 Å². The lowest BCUT2D eigenvalue weighted by Crippen LogP contribution is -2.35. The van der Waals surface area contributed by atoms with E-state index in [4.69, 9.17) is 19.3 Å². The monoisotopic (exact) mass is 503 g/mol. The molecule has 11 heteroatoms. The summed E-state index contributed by atoms with van der Waals surface area (Å²) in [5.74, 6) is -0.637. The normalized spacial score (nSPS) is 11.4. The van der Waals surface area contributed by atoms with Gasteiger partial charge in [0.1, 0.15) is 12.4 Å². The van der Waals surface area contributed by atoms with Crippen LogP contribution in [0.15, 0.2) is 46.9 Å². The van der Waals surface area contributed by atoms with Crippen molar-refractivity contribution in [1.29, 1.82) is 0 Å². The smallest absolute Gasteiger partial charge is 0.259 e. The van der Waals surface area contributed by atoms with E-state index >= 15 is 0 Å². The van der Waals surface area contributed by atoms with E-state index in [9.17, 15) is 14.0 Å². The van der Waals surface area contributed by atoms with Crippen molar-refractivity contribution in [3.8, 4) is 11.5 Å². The van der Waals surface area contributed by atoms with E-state index in [1.807, 2.05) is 0 Å². The van der Waals surface area contributed by atoms with Gasteiger partial charge in [0.05, 0.1) is 37.3 Å². The number of aliphatic hydroxyl groups is 1. The summed E-state index contributed by atoms with van der Waals surface area (Å²) in [4.78, 5) is 24.8. The van der Waals surface area contributed by atoms with Crippen molar-refractivity contribution in [1.82, 2.24) is 10.7 Å². The summed E-state index contributed by atoms with van der Waals surface area (Å²) in [7, 11) is 2.98. The Bertz CT molecular complexity index is 1210. The Morgan fingerprint density at radius 3 is 2.71 bits per heavy atom. The second-order valence-electron chi connectivity index (χ2n) is 7.22. The second-order valence-corrected chi connectivity index (χ2v) is 8.10. The van der Waals surface area contributed by atoms with Crippen molar-refractivity contribution in [3.05, 3.63) is 58.7 Å². The zero-order valence-electron chi connectivity index (χ0n) is 19.3. The minimum absolute atomic E-state index is 0.0884. The number of amides is 2. The van der Waals surface area contributed by atoms with E-state index in [1.54, 1.807) is 30.7 Å². The van der Waals surface area contributed by atoms with Gasteiger partial charge in [-0.1, -0.05) is 12.1 Å². The van der Waals surface area contributed by atoms with Crippen molar-refractivity contribution in [2.75, 3.05) is 40.6 Å². The number of rotatable bonds is 12. The molecule has 2 amide bonds. The minimum Gasteiger partial charge on any atom is -0.493 e. The largest absolute Gasteiger partial charge is 0.493 e. The Morgan fingerprint density at radius 2 is 1.97 bits per heavy atom. The molecule has 0 fully saturated rings. The van der Waals surface area contributed by atoms with Gasteiger partial charge < -0.3 is 24.6 Å². The Hall–Kier alpha value is -3.54. The highest BCUT2D eigenvalue weighted by atomic mass is 32.1. The number of halogens is 1. The van der Waals surface area contributed by atoms with Gasteiger partial charge in [-0.2, -0.15) is 5.10 Å². The number of carbonyl (C=O) groups is 2. The van der Waals surface area contributed by atoms with Gasteiger partial charge in [-0.15, -0.1) is 11.3 Å². The Labute approximate surface area is 205 Å². The molecule has 35 heavy (non-hydrogen) atoms. The summed E-state index contributed by atoms with van der Waals surface area (Å²) in [5, 5.41) is 18.1. The van der Waals surface area contributed by atoms with E-state index < -0.39 is 11.8 Å². The number of nitrogens with zero attached hydrogens (tertiary/aromatic N) is 1. The summed E-state index contributed by atoms with van der Waals surface area (Å²) in [6.07, 6.45) is 0.399. The van der Waals surface area contributed by atoms with Gasteiger partial charge in [-0.3, -0.25) is 9.59 Å². The van der Waals surface area contributed by atoms with Crippen LogP contribution in [0.1, 0.15) is 22.3 Å². The molecule has 1 aromatic heterocycles. The van der Waals surface area contributed by atoms with Crippen LogP contribution in [0, 0.1) is 5.82 Å². The van der Waals surface area contributed by atoms with Crippen molar-refractivity contribution in [3.63, 3.8) is 0 Å². The first kappa shape index (κ1) is 26.1. The van der Waals surface area contributed by atoms with Crippen LogP contribution in [0.25, 0.3) is 10.1 Å². The molecule has 0 unspecified atom stereocenters. The fourth-order valence-electron chi connectivity index (χ4n) is 3.21. The molecule has 3 rings (SSSR count). The molecule has 0 saturated heterocycles. The molecule has 3 aromatic rings.